The molecule has 3 N–H and O–H groups in total. The molecule has 0 saturated carbocycles. The van der Waals surface area contributed by atoms with Gasteiger partial charge in [-0.2, -0.15) is 0 Å². The fourth-order valence-electron chi connectivity index (χ4n) is 1.31. The average Bonchev–Trinajstić information content (AvgIpc) is 2.17. The number of ether oxygens (including phenoxy) is 1. The van der Waals surface area contributed by atoms with Crippen molar-refractivity contribution in [1.29, 1.82) is 0 Å². The SMILES string of the molecule is Cl.Cl.NCc1ccc2c(c1)NCCO2. The van der Waals surface area contributed by atoms with Crippen molar-refractivity contribution in [2.45, 2.75) is 6.54 Å². The van der Waals surface area contributed by atoms with E-state index in [2.05, 4.69) is 5.32 Å². The molecule has 1 aliphatic rings. The van der Waals surface area contributed by atoms with Gasteiger partial charge in [0.2, 0.25) is 0 Å². The van der Waals surface area contributed by atoms with E-state index in [9.17, 15) is 0 Å². The van der Waals surface area contributed by atoms with Gasteiger partial charge in [-0.1, -0.05) is 6.07 Å². The molecule has 1 heterocycles. The molecule has 5 heteroatoms. The van der Waals surface area contributed by atoms with Gasteiger partial charge in [0.25, 0.3) is 0 Å². The Hall–Kier alpha value is -0.640. The molecule has 0 fully saturated rings. The molecule has 0 amide bonds. The van der Waals surface area contributed by atoms with Gasteiger partial charge in [0.1, 0.15) is 12.4 Å². The lowest BCUT2D eigenvalue weighted by Gasteiger charge is -2.19. The van der Waals surface area contributed by atoms with Crippen LogP contribution in [-0.4, -0.2) is 13.2 Å². The zero-order valence-corrected chi connectivity index (χ0v) is 9.29. The second kappa shape index (κ2) is 5.96. The summed E-state index contributed by atoms with van der Waals surface area (Å²) in [6.07, 6.45) is 0. The molecule has 3 nitrogen and oxygen atoms in total. The maximum absolute atomic E-state index is 5.51. The molecule has 0 aliphatic carbocycles. The van der Waals surface area contributed by atoms with Gasteiger partial charge in [-0.3, -0.25) is 0 Å². The summed E-state index contributed by atoms with van der Waals surface area (Å²) in [6.45, 7) is 2.20. The average molecular weight is 237 g/mol. The summed E-state index contributed by atoms with van der Waals surface area (Å²) in [5.74, 6) is 0.929. The molecular formula is C9H14Cl2N2O. The zero-order valence-electron chi connectivity index (χ0n) is 7.66. The Kier molecular flexibility index (Phi) is 5.69. The van der Waals surface area contributed by atoms with Crippen molar-refractivity contribution in [1.82, 2.24) is 0 Å². The Morgan fingerprint density at radius 2 is 2.14 bits per heavy atom. The van der Waals surface area contributed by atoms with E-state index in [-0.39, 0.29) is 24.8 Å². The molecule has 14 heavy (non-hydrogen) atoms. The smallest absolute Gasteiger partial charge is 0.142 e. The van der Waals surface area contributed by atoms with E-state index in [1.165, 1.54) is 0 Å². The molecule has 1 aliphatic heterocycles. The molecule has 0 saturated heterocycles. The van der Waals surface area contributed by atoms with Gasteiger partial charge >= 0.3 is 0 Å². The topological polar surface area (TPSA) is 47.3 Å². The molecule has 1 aromatic carbocycles. The fraction of sp³-hybridized carbons (Fsp3) is 0.333. The minimum atomic E-state index is 0. The van der Waals surface area contributed by atoms with Crippen molar-refractivity contribution >= 4 is 30.5 Å². The minimum Gasteiger partial charge on any atom is -0.490 e. The van der Waals surface area contributed by atoms with E-state index in [1.807, 2.05) is 18.2 Å². The molecule has 1 aromatic rings. The van der Waals surface area contributed by atoms with Crippen molar-refractivity contribution in [2.75, 3.05) is 18.5 Å². The van der Waals surface area contributed by atoms with E-state index in [0.717, 1.165) is 30.2 Å². The third-order valence-corrected chi connectivity index (χ3v) is 1.95. The highest BCUT2D eigenvalue weighted by Gasteiger charge is 2.08. The number of rotatable bonds is 1. The van der Waals surface area contributed by atoms with Crippen LogP contribution in [0.5, 0.6) is 5.75 Å². The van der Waals surface area contributed by atoms with Gasteiger partial charge in [0.05, 0.1) is 5.69 Å². The number of nitrogens with two attached hydrogens (primary N) is 1. The van der Waals surface area contributed by atoms with Crippen LogP contribution in [0.15, 0.2) is 18.2 Å². The van der Waals surface area contributed by atoms with Crippen molar-refractivity contribution in [3.05, 3.63) is 23.8 Å². The Balaban J connectivity index is 0.000000845. The number of nitrogens with one attached hydrogen (secondary N) is 1. The van der Waals surface area contributed by atoms with Crippen LogP contribution >= 0.6 is 24.8 Å². The van der Waals surface area contributed by atoms with E-state index < -0.39 is 0 Å². The minimum absolute atomic E-state index is 0. The predicted molar refractivity (Wildman–Crippen MR) is 62.8 cm³/mol. The second-order valence-corrected chi connectivity index (χ2v) is 2.81. The quantitative estimate of drug-likeness (QED) is 0.782. The highest BCUT2D eigenvalue weighted by atomic mass is 35.5. The molecule has 0 bridgehead atoms. The van der Waals surface area contributed by atoms with E-state index >= 15 is 0 Å². The van der Waals surface area contributed by atoms with Gasteiger partial charge in [-0.05, 0) is 17.7 Å². The summed E-state index contributed by atoms with van der Waals surface area (Å²) < 4.78 is 5.42. The molecule has 0 radical (unpaired) electrons. The Morgan fingerprint density at radius 1 is 1.36 bits per heavy atom. The summed E-state index contributed by atoms with van der Waals surface area (Å²) >= 11 is 0. The van der Waals surface area contributed by atoms with Crippen molar-refractivity contribution in [3.8, 4) is 5.75 Å². The molecule has 0 atom stereocenters. The van der Waals surface area contributed by atoms with Crippen LogP contribution in [0.1, 0.15) is 5.56 Å². The normalized spacial score (nSPS) is 12.4. The van der Waals surface area contributed by atoms with Crippen molar-refractivity contribution in [3.63, 3.8) is 0 Å². The Morgan fingerprint density at radius 3 is 2.86 bits per heavy atom. The lowest BCUT2D eigenvalue weighted by atomic mass is 10.2. The first-order valence-electron chi connectivity index (χ1n) is 4.10. The summed E-state index contributed by atoms with van der Waals surface area (Å²) in [6, 6.07) is 5.99. The Bertz CT molecular complexity index is 294. The monoisotopic (exact) mass is 236 g/mol. The summed E-state index contributed by atoms with van der Waals surface area (Å²) in [4.78, 5) is 0. The molecular weight excluding hydrogens is 223 g/mol. The maximum atomic E-state index is 5.51. The third-order valence-electron chi connectivity index (χ3n) is 1.95. The summed E-state index contributed by atoms with van der Waals surface area (Å²) in [7, 11) is 0. The van der Waals surface area contributed by atoms with Crippen LogP contribution in [0.4, 0.5) is 5.69 Å². The van der Waals surface area contributed by atoms with Crippen LogP contribution in [0.25, 0.3) is 0 Å². The van der Waals surface area contributed by atoms with Crippen LogP contribution in [0, 0.1) is 0 Å². The number of hydrogen-bond acceptors (Lipinski definition) is 3. The van der Waals surface area contributed by atoms with Crippen LogP contribution in [0.3, 0.4) is 0 Å². The van der Waals surface area contributed by atoms with Gasteiger partial charge in [-0.15, -0.1) is 24.8 Å². The highest BCUT2D eigenvalue weighted by Crippen LogP contribution is 2.27. The lowest BCUT2D eigenvalue weighted by Crippen LogP contribution is -2.18. The standard InChI is InChI=1S/C9H12N2O.2ClH/c10-6-7-1-2-9-8(5-7)11-3-4-12-9;;/h1-2,5,11H,3-4,6,10H2;2*1H. The first-order chi connectivity index (χ1) is 5.90. The van der Waals surface area contributed by atoms with Crippen LogP contribution in [0.2, 0.25) is 0 Å². The first-order valence-corrected chi connectivity index (χ1v) is 4.10. The molecule has 80 valence electrons. The van der Waals surface area contributed by atoms with Gasteiger partial charge in [0.15, 0.2) is 0 Å². The van der Waals surface area contributed by atoms with Crippen LogP contribution < -0.4 is 15.8 Å². The maximum Gasteiger partial charge on any atom is 0.142 e. The Labute approximate surface area is 95.8 Å². The second-order valence-electron chi connectivity index (χ2n) is 2.81. The number of benzene rings is 1. The largest absolute Gasteiger partial charge is 0.490 e. The molecule has 0 spiro atoms. The number of anilines is 1. The van der Waals surface area contributed by atoms with Gasteiger partial charge in [0, 0.05) is 13.1 Å². The molecule has 0 unspecified atom stereocenters. The summed E-state index contributed by atoms with van der Waals surface area (Å²) in [5.41, 5.74) is 7.71. The number of halogens is 2. The molecule has 2 rings (SSSR count). The van der Waals surface area contributed by atoms with E-state index in [1.54, 1.807) is 0 Å². The first kappa shape index (κ1) is 13.4. The highest BCUT2D eigenvalue weighted by molar-refractivity contribution is 5.85. The fourth-order valence-corrected chi connectivity index (χ4v) is 1.31. The number of hydrogen-bond donors (Lipinski definition) is 2. The van der Waals surface area contributed by atoms with Gasteiger partial charge in [-0.25, -0.2) is 0 Å². The molecule has 0 aromatic heterocycles. The van der Waals surface area contributed by atoms with Crippen molar-refractivity contribution in [2.24, 2.45) is 5.73 Å². The van der Waals surface area contributed by atoms with E-state index in [0.29, 0.717) is 6.54 Å². The van der Waals surface area contributed by atoms with Crippen molar-refractivity contribution < 1.29 is 4.74 Å². The predicted octanol–water partition coefficient (Wildman–Crippen LogP) is 1.79. The third kappa shape index (κ3) is 2.67. The zero-order chi connectivity index (χ0) is 8.39. The number of fused-ring (bicyclic) bond motifs is 1. The summed E-state index contributed by atoms with van der Waals surface area (Å²) in [5, 5.41) is 3.26. The van der Waals surface area contributed by atoms with E-state index in [4.69, 9.17) is 10.5 Å². The van der Waals surface area contributed by atoms with Crippen LogP contribution in [-0.2, 0) is 6.54 Å². The van der Waals surface area contributed by atoms with Gasteiger partial charge < -0.3 is 15.8 Å². The lowest BCUT2D eigenvalue weighted by molar-refractivity contribution is 0.323.